The molecule has 72 valence electrons. The van der Waals surface area contributed by atoms with Crippen molar-refractivity contribution in [3.63, 3.8) is 0 Å². The van der Waals surface area contributed by atoms with Crippen molar-refractivity contribution in [1.82, 2.24) is 4.57 Å². The molecule has 0 N–H and O–H groups in total. The van der Waals surface area contributed by atoms with E-state index in [1.807, 2.05) is 0 Å². The van der Waals surface area contributed by atoms with Gasteiger partial charge in [0, 0.05) is 24.8 Å². The molecule has 2 rings (SSSR count). The molecule has 0 aliphatic carbocycles. The fourth-order valence-corrected chi connectivity index (χ4v) is 1.40. The van der Waals surface area contributed by atoms with Crippen LogP contribution in [0.3, 0.4) is 0 Å². The lowest BCUT2D eigenvalue weighted by Gasteiger charge is -2.00. The van der Waals surface area contributed by atoms with Crippen molar-refractivity contribution in [2.45, 2.75) is 13.5 Å². The molecule has 4 heteroatoms. The molecule has 1 aromatic heterocycles. The summed E-state index contributed by atoms with van der Waals surface area (Å²) in [6, 6.07) is 1.78. The van der Waals surface area contributed by atoms with Gasteiger partial charge in [-0.25, -0.2) is 0 Å². The molecule has 0 unspecified atom stereocenters. The van der Waals surface area contributed by atoms with Gasteiger partial charge in [-0.15, -0.1) is 0 Å². The van der Waals surface area contributed by atoms with E-state index in [0.717, 1.165) is 11.3 Å². The van der Waals surface area contributed by atoms with Gasteiger partial charge in [0.05, 0.1) is 5.69 Å². The van der Waals surface area contributed by atoms with E-state index in [0.29, 0.717) is 0 Å². The summed E-state index contributed by atoms with van der Waals surface area (Å²) in [7, 11) is 0. The van der Waals surface area contributed by atoms with E-state index in [1.165, 1.54) is 17.6 Å². The van der Waals surface area contributed by atoms with Crippen molar-refractivity contribution in [1.29, 1.82) is 0 Å². The van der Waals surface area contributed by atoms with E-state index in [4.69, 9.17) is 4.74 Å². The highest BCUT2D eigenvalue weighted by atomic mass is 16.5. The Balaban J connectivity index is 2.21. The molecule has 1 aliphatic rings. The largest absolute Gasteiger partial charge is 0.461 e. The second-order valence-electron chi connectivity index (χ2n) is 3.05. The van der Waals surface area contributed by atoms with Crippen molar-refractivity contribution in [2.24, 2.45) is 0 Å². The maximum atomic E-state index is 11.2. The smallest absolute Gasteiger partial charge is 0.302 e. The van der Waals surface area contributed by atoms with Crippen LogP contribution in [0.4, 0.5) is 0 Å². The highest BCUT2D eigenvalue weighted by Gasteiger charge is 2.16. The number of carbonyl (C=O) groups is 2. The first-order valence-electron chi connectivity index (χ1n) is 4.24. The van der Waals surface area contributed by atoms with E-state index >= 15 is 0 Å². The van der Waals surface area contributed by atoms with Gasteiger partial charge in [0.25, 0.3) is 5.91 Å². The number of allylic oxidation sites excluding steroid dienone is 1. The van der Waals surface area contributed by atoms with Gasteiger partial charge < -0.3 is 4.74 Å². The molecule has 2 heterocycles. The van der Waals surface area contributed by atoms with Gasteiger partial charge in [-0.2, -0.15) is 0 Å². The summed E-state index contributed by atoms with van der Waals surface area (Å²) in [5.41, 5.74) is 1.65. The maximum absolute atomic E-state index is 11.2. The monoisotopic (exact) mass is 191 g/mol. The van der Waals surface area contributed by atoms with E-state index in [1.54, 1.807) is 18.3 Å². The number of esters is 1. The summed E-state index contributed by atoms with van der Waals surface area (Å²) >= 11 is 0. The molecule has 0 bridgehead atoms. The van der Waals surface area contributed by atoms with Crippen molar-refractivity contribution >= 4 is 18.0 Å². The third-order valence-electron chi connectivity index (χ3n) is 2.07. The second kappa shape index (κ2) is 3.14. The Labute approximate surface area is 80.8 Å². The molecule has 1 aromatic rings. The van der Waals surface area contributed by atoms with Gasteiger partial charge in [-0.05, 0) is 12.1 Å². The first-order valence-corrected chi connectivity index (χ1v) is 4.24. The number of hydrogen-bond donors (Lipinski definition) is 0. The maximum Gasteiger partial charge on any atom is 0.302 e. The molecule has 0 fully saturated rings. The van der Waals surface area contributed by atoms with Gasteiger partial charge >= 0.3 is 5.97 Å². The van der Waals surface area contributed by atoms with Crippen molar-refractivity contribution in [3.05, 3.63) is 29.6 Å². The molecule has 0 atom stereocenters. The van der Waals surface area contributed by atoms with Crippen molar-refractivity contribution in [3.8, 4) is 0 Å². The predicted octanol–water partition coefficient (Wildman–Crippen LogP) is 1.22. The lowest BCUT2D eigenvalue weighted by Crippen LogP contribution is -2.03. The Hall–Kier alpha value is -1.84. The molecular weight excluding hydrogens is 182 g/mol. The third kappa shape index (κ3) is 1.35. The number of ether oxygens (including phenoxy) is 1. The third-order valence-corrected chi connectivity index (χ3v) is 2.07. The van der Waals surface area contributed by atoms with Crippen LogP contribution in [0.2, 0.25) is 0 Å². The molecule has 0 saturated carbocycles. The summed E-state index contributed by atoms with van der Waals surface area (Å²) in [6.07, 6.45) is 4.89. The zero-order valence-corrected chi connectivity index (χ0v) is 7.69. The summed E-state index contributed by atoms with van der Waals surface area (Å²) < 4.78 is 6.38. The number of rotatable bonds is 2. The Morgan fingerprint density at radius 1 is 1.50 bits per heavy atom. The quantitative estimate of drug-likeness (QED) is 0.660. The van der Waals surface area contributed by atoms with Gasteiger partial charge in [-0.1, -0.05) is 0 Å². The minimum absolute atomic E-state index is 0.0610. The standard InChI is InChI=1S/C10H9NO3/c1-7(12)14-6-8-4-5-11-9(8)2-3-10(11)13/h2-5H,6H2,1H3. The van der Waals surface area contributed by atoms with Crippen LogP contribution < -0.4 is 0 Å². The molecular formula is C10H9NO3. The SMILES string of the molecule is CC(=O)OCc1ccn2c1C=CC2=O. The number of fused-ring (bicyclic) bond motifs is 1. The fourth-order valence-electron chi connectivity index (χ4n) is 1.40. The van der Waals surface area contributed by atoms with Gasteiger partial charge in [0.2, 0.25) is 0 Å². The van der Waals surface area contributed by atoms with Crippen LogP contribution in [-0.2, 0) is 16.1 Å². The molecule has 1 aliphatic heterocycles. The van der Waals surface area contributed by atoms with Gasteiger partial charge in [-0.3, -0.25) is 14.2 Å². The van der Waals surface area contributed by atoms with Gasteiger partial charge in [0.15, 0.2) is 0 Å². The zero-order valence-electron chi connectivity index (χ0n) is 7.69. The Kier molecular flexibility index (Phi) is 1.96. The number of carbonyl (C=O) groups excluding carboxylic acids is 2. The zero-order chi connectivity index (χ0) is 10.1. The van der Waals surface area contributed by atoms with Crippen LogP contribution in [0.25, 0.3) is 6.08 Å². The lowest BCUT2D eigenvalue weighted by atomic mass is 10.2. The highest BCUT2D eigenvalue weighted by Crippen LogP contribution is 2.19. The predicted molar refractivity (Wildman–Crippen MR) is 49.6 cm³/mol. The minimum Gasteiger partial charge on any atom is -0.461 e. The molecule has 0 saturated heterocycles. The topological polar surface area (TPSA) is 48.3 Å². The molecule has 0 radical (unpaired) electrons. The van der Waals surface area contributed by atoms with Crippen molar-refractivity contribution in [2.75, 3.05) is 0 Å². The normalized spacial score (nSPS) is 13.1. The first kappa shape index (κ1) is 8.74. The van der Waals surface area contributed by atoms with Crippen LogP contribution in [0.5, 0.6) is 0 Å². The van der Waals surface area contributed by atoms with E-state index in [2.05, 4.69) is 0 Å². The second-order valence-corrected chi connectivity index (χ2v) is 3.05. The van der Waals surface area contributed by atoms with Crippen LogP contribution in [0, 0.1) is 0 Å². The van der Waals surface area contributed by atoms with Crippen LogP contribution in [-0.4, -0.2) is 16.4 Å². The summed E-state index contributed by atoms with van der Waals surface area (Å²) in [5.74, 6) is -0.382. The number of hydrogen-bond acceptors (Lipinski definition) is 3. The van der Waals surface area contributed by atoms with E-state index in [9.17, 15) is 9.59 Å². The molecule has 0 aromatic carbocycles. The minimum atomic E-state index is -0.321. The van der Waals surface area contributed by atoms with Gasteiger partial charge in [0.1, 0.15) is 6.61 Å². The van der Waals surface area contributed by atoms with Crippen LogP contribution in [0.1, 0.15) is 23.0 Å². The lowest BCUT2D eigenvalue weighted by molar-refractivity contribution is -0.142. The fraction of sp³-hybridized carbons (Fsp3) is 0.200. The van der Waals surface area contributed by atoms with Crippen molar-refractivity contribution < 1.29 is 14.3 Å². The molecule has 14 heavy (non-hydrogen) atoms. The average Bonchev–Trinajstić information content (AvgIpc) is 2.66. The summed E-state index contributed by atoms with van der Waals surface area (Å²) in [6.45, 7) is 1.58. The summed E-state index contributed by atoms with van der Waals surface area (Å²) in [5, 5.41) is 0. The van der Waals surface area contributed by atoms with Crippen LogP contribution in [0.15, 0.2) is 18.3 Å². The van der Waals surface area contributed by atoms with E-state index < -0.39 is 0 Å². The first-order chi connectivity index (χ1) is 6.68. The number of aromatic nitrogens is 1. The number of nitrogens with zero attached hydrogens (tertiary/aromatic N) is 1. The van der Waals surface area contributed by atoms with E-state index in [-0.39, 0.29) is 18.5 Å². The molecule has 4 nitrogen and oxygen atoms in total. The summed E-state index contributed by atoms with van der Waals surface area (Å²) in [4.78, 5) is 21.8. The van der Waals surface area contributed by atoms with Crippen LogP contribution >= 0.6 is 0 Å². The Morgan fingerprint density at radius 2 is 2.29 bits per heavy atom. The molecule has 0 amide bonds. The Bertz CT molecular complexity index is 429. The average molecular weight is 191 g/mol. The highest BCUT2D eigenvalue weighted by molar-refractivity contribution is 5.99. The Morgan fingerprint density at radius 3 is 3.00 bits per heavy atom. The molecule has 0 spiro atoms.